The molecule has 5 heteroatoms. The fourth-order valence-electron chi connectivity index (χ4n) is 3.38. The van der Waals surface area contributed by atoms with Gasteiger partial charge in [-0.1, -0.05) is 108 Å². The summed E-state index contributed by atoms with van der Waals surface area (Å²) >= 11 is 0. The summed E-state index contributed by atoms with van der Waals surface area (Å²) < 4.78 is 24.5. The van der Waals surface area contributed by atoms with Gasteiger partial charge in [0.05, 0.1) is 0 Å². The number of hydrogen-bond donors (Lipinski definition) is 2. The zero-order chi connectivity index (χ0) is 20.0. The zero-order valence-corrected chi connectivity index (χ0v) is 17.8. The maximum atomic E-state index is 13.6. The third-order valence-electron chi connectivity index (χ3n) is 5.12. The second-order valence-electron chi connectivity index (χ2n) is 7.66. The van der Waals surface area contributed by atoms with E-state index in [1.165, 1.54) is 89.2 Å². The Bertz CT molecular complexity index is 527. The summed E-state index contributed by atoms with van der Waals surface area (Å²) in [5, 5.41) is 0. The molecule has 0 aliphatic carbocycles. The summed E-state index contributed by atoms with van der Waals surface area (Å²) in [6, 6.07) is 6.53. The normalized spacial score (nSPS) is 13.0. The van der Waals surface area contributed by atoms with Crippen molar-refractivity contribution in [3.8, 4) is 0 Å². The quantitative estimate of drug-likeness (QED) is 0.223. The number of aryl methyl sites for hydroxylation is 1. The largest absolute Gasteiger partial charge is 0.363 e. The first-order chi connectivity index (χ1) is 12.9. The number of halogens is 1. The topological polar surface area (TPSA) is 57.5 Å². The highest BCUT2D eigenvalue weighted by molar-refractivity contribution is 7.51. The lowest BCUT2D eigenvalue weighted by Gasteiger charge is -2.11. The van der Waals surface area contributed by atoms with Crippen molar-refractivity contribution >= 4 is 7.60 Å². The van der Waals surface area contributed by atoms with Crippen LogP contribution in [0.25, 0.3) is 0 Å². The Labute approximate surface area is 164 Å². The highest BCUT2D eigenvalue weighted by Gasteiger charge is 2.29. The second kappa shape index (κ2) is 14.3. The number of unbranched alkanes of at least 4 members (excludes halogenated alkanes) is 12. The third-order valence-corrected chi connectivity index (χ3v) is 6.01. The molecule has 3 nitrogen and oxygen atoms in total. The lowest BCUT2D eigenvalue weighted by molar-refractivity contribution is 0.303. The number of hydrogen-bond acceptors (Lipinski definition) is 1. The van der Waals surface area contributed by atoms with Crippen LogP contribution in [0.4, 0.5) is 4.39 Å². The van der Waals surface area contributed by atoms with Crippen LogP contribution < -0.4 is 0 Å². The van der Waals surface area contributed by atoms with Gasteiger partial charge in [-0.05, 0) is 24.0 Å². The van der Waals surface area contributed by atoms with Crippen LogP contribution in [0.15, 0.2) is 24.3 Å². The highest BCUT2D eigenvalue weighted by atomic mass is 31.2. The van der Waals surface area contributed by atoms with Gasteiger partial charge in [0.2, 0.25) is 5.91 Å². The van der Waals surface area contributed by atoms with Crippen molar-refractivity contribution in [2.45, 2.75) is 103 Å². The Kier molecular flexibility index (Phi) is 12.9. The molecule has 0 bridgehead atoms. The van der Waals surface area contributed by atoms with Gasteiger partial charge in [-0.3, -0.25) is 4.57 Å². The molecule has 0 aromatic heterocycles. The summed E-state index contributed by atoms with van der Waals surface area (Å²) in [6.07, 6.45) is 18.2. The van der Waals surface area contributed by atoms with Gasteiger partial charge >= 0.3 is 7.60 Å². The maximum absolute atomic E-state index is 13.6. The monoisotopic (exact) mass is 400 g/mol. The number of benzene rings is 1. The molecule has 27 heavy (non-hydrogen) atoms. The molecule has 1 atom stereocenters. The van der Waals surface area contributed by atoms with E-state index < -0.39 is 13.5 Å². The van der Waals surface area contributed by atoms with E-state index in [2.05, 4.69) is 6.92 Å². The van der Waals surface area contributed by atoms with Crippen molar-refractivity contribution in [2.75, 3.05) is 0 Å². The molecule has 0 saturated carbocycles. The first-order valence-electron chi connectivity index (χ1n) is 10.7. The van der Waals surface area contributed by atoms with E-state index in [-0.39, 0.29) is 5.56 Å². The molecule has 0 aliphatic heterocycles. The minimum absolute atomic E-state index is 0.0532. The number of rotatable bonds is 16. The van der Waals surface area contributed by atoms with E-state index in [0.29, 0.717) is 0 Å². The summed E-state index contributed by atoms with van der Waals surface area (Å²) in [4.78, 5) is 17.8. The molecular weight excluding hydrogens is 362 g/mol. The summed E-state index contributed by atoms with van der Waals surface area (Å²) in [5.74, 6) is -2.22. The molecule has 0 heterocycles. The molecule has 0 radical (unpaired) electrons. The summed E-state index contributed by atoms with van der Waals surface area (Å²) in [7, 11) is -4.71. The van der Waals surface area contributed by atoms with E-state index in [9.17, 15) is 8.96 Å². The Morgan fingerprint density at radius 2 is 1.19 bits per heavy atom. The van der Waals surface area contributed by atoms with Crippen molar-refractivity contribution in [2.24, 2.45) is 0 Å². The lowest BCUT2D eigenvalue weighted by Crippen LogP contribution is -1.94. The first-order valence-corrected chi connectivity index (χ1v) is 12.4. The van der Waals surface area contributed by atoms with E-state index in [0.717, 1.165) is 18.4 Å². The first kappa shape index (κ1) is 24.3. The van der Waals surface area contributed by atoms with Gasteiger partial charge in [0.1, 0.15) is 0 Å². The van der Waals surface area contributed by atoms with E-state index in [1.54, 1.807) is 12.1 Å². The average molecular weight is 401 g/mol. The maximum Gasteiger partial charge on any atom is 0.363 e. The van der Waals surface area contributed by atoms with Crippen LogP contribution in [0.5, 0.6) is 0 Å². The Morgan fingerprint density at radius 1 is 0.778 bits per heavy atom. The van der Waals surface area contributed by atoms with Crippen molar-refractivity contribution in [3.05, 3.63) is 35.4 Å². The minimum Gasteiger partial charge on any atom is -0.322 e. The van der Waals surface area contributed by atoms with Crippen molar-refractivity contribution in [1.82, 2.24) is 0 Å². The zero-order valence-electron chi connectivity index (χ0n) is 16.9. The van der Waals surface area contributed by atoms with Crippen molar-refractivity contribution in [1.29, 1.82) is 0 Å². The fourth-order valence-corrected chi connectivity index (χ4v) is 3.94. The molecule has 0 fully saturated rings. The van der Waals surface area contributed by atoms with E-state index >= 15 is 0 Å². The predicted octanol–water partition coefficient (Wildman–Crippen LogP) is 7.47. The standard InChI is InChI=1S/C22H38FO3P/c1-2-3-4-5-6-7-8-9-10-11-12-13-14-15-20-16-18-21(19-17-20)22(23)27(24,25)26/h16-19,22H,2-15H2,1H3,(H2,24,25,26). The highest BCUT2D eigenvalue weighted by Crippen LogP contribution is 2.52. The minimum atomic E-state index is -4.71. The molecule has 156 valence electrons. The van der Waals surface area contributed by atoms with Crippen LogP contribution >= 0.6 is 7.60 Å². The van der Waals surface area contributed by atoms with E-state index in [4.69, 9.17) is 9.79 Å². The number of alkyl halides is 1. The third kappa shape index (κ3) is 11.7. The van der Waals surface area contributed by atoms with Crippen LogP contribution in [-0.2, 0) is 11.0 Å². The van der Waals surface area contributed by atoms with Gasteiger partial charge in [-0.25, -0.2) is 4.39 Å². The summed E-state index contributed by atoms with van der Waals surface area (Å²) in [6.45, 7) is 2.26. The van der Waals surface area contributed by atoms with Gasteiger partial charge < -0.3 is 9.79 Å². The SMILES string of the molecule is CCCCCCCCCCCCCCCc1ccc(C(F)P(=O)(O)O)cc1. The Balaban J connectivity index is 2.00. The molecule has 0 spiro atoms. The molecule has 1 aromatic rings. The van der Waals surface area contributed by atoms with Gasteiger partial charge in [0, 0.05) is 0 Å². The predicted molar refractivity (Wildman–Crippen MR) is 112 cm³/mol. The van der Waals surface area contributed by atoms with Gasteiger partial charge in [0.25, 0.3) is 0 Å². The van der Waals surface area contributed by atoms with Crippen LogP contribution in [-0.4, -0.2) is 9.79 Å². The summed E-state index contributed by atoms with van der Waals surface area (Å²) in [5.41, 5.74) is 1.15. The fraction of sp³-hybridized carbons (Fsp3) is 0.727. The van der Waals surface area contributed by atoms with Crippen LogP contribution in [0, 0.1) is 0 Å². The van der Waals surface area contributed by atoms with Crippen molar-refractivity contribution in [3.63, 3.8) is 0 Å². The smallest absolute Gasteiger partial charge is 0.322 e. The molecular formula is C22H38FO3P. The van der Waals surface area contributed by atoms with Crippen molar-refractivity contribution < 1.29 is 18.7 Å². The molecule has 1 rings (SSSR count). The van der Waals surface area contributed by atoms with Crippen LogP contribution in [0.2, 0.25) is 0 Å². The second-order valence-corrected chi connectivity index (χ2v) is 9.29. The van der Waals surface area contributed by atoms with Gasteiger partial charge in [0.15, 0.2) is 0 Å². The van der Waals surface area contributed by atoms with Crippen LogP contribution in [0.1, 0.15) is 107 Å². The molecule has 0 saturated heterocycles. The Hall–Kier alpha value is -0.700. The molecule has 1 unspecified atom stereocenters. The molecule has 1 aromatic carbocycles. The average Bonchev–Trinajstić information content (AvgIpc) is 2.64. The van der Waals surface area contributed by atoms with E-state index in [1.807, 2.05) is 0 Å². The lowest BCUT2D eigenvalue weighted by atomic mass is 10.0. The molecule has 0 aliphatic rings. The van der Waals surface area contributed by atoms with Gasteiger partial charge in [-0.15, -0.1) is 0 Å². The van der Waals surface area contributed by atoms with Gasteiger partial charge in [-0.2, -0.15) is 0 Å². The molecule has 0 amide bonds. The Morgan fingerprint density at radius 3 is 1.59 bits per heavy atom. The molecule has 2 N–H and O–H groups in total. The van der Waals surface area contributed by atoms with Crippen LogP contribution in [0.3, 0.4) is 0 Å².